The summed E-state index contributed by atoms with van der Waals surface area (Å²) in [6, 6.07) is 3.20. The van der Waals surface area contributed by atoms with Crippen LogP contribution in [0.4, 0.5) is 24.7 Å². The molecule has 0 aliphatic carbocycles. The van der Waals surface area contributed by atoms with Crippen molar-refractivity contribution in [3.63, 3.8) is 0 Å². The molecule has 6 heteroatoms. The molecule has 16 heavy (non-hydrogen) atoms. The number of aromatic nitrogens is 1. The van der Waals surface area contributed by atoms with Gasteiger partial charge in [-0.05, 0) is 6.92 Å². The fourth-order valence-corrected chi connectivity index (χ4v) is 1.19. The zero-order valence-corrected chi connectivity index (χ0v) is 8.22. The molecule has 0 aliphatic heterocycles. The Bertz CT molecular complexity index is 502. The van der Waals surface area contributed by atoms with Crippen LogP contribution in [0.3, 0.4) is 0 Å². The molecule has 0 unspecified atom stereocenters. The topological polar surface area (TPSA) is 38.1 Å². The van der Waals surface area contributed by atoms with E-state index in [1.807, 2.05) is 0 Å². The fraction of sp³-hybridized carbons (Fsp3) is 0.100. The van der Waals surface area contributed by atoms with Gasteiger partial charge in [0.05, 0.1) is 5.69 Å². The largest absolute Gasteiger partial charge is 0.338 e. The van der Waals surface area contributed by atoms with Crippen molar-refractivity contribution in [1.29, 1.82) is 0 Å². The second-order valence-corrected chi connectivity index (χ2v) is 3.21. The van der Waals surface area contributed by atoms with Gasteiger partial charge in [0.15, 0.2) is 17.5 Å². The number of nitrogens with one attached hydrogen (secondary N) is 1. The minimum absolute atomic E-state index is 0.0487. The summed E-state index contributed by atoms with van der Waals surface area (Å²) >= 11 is 0. The van der Waals surface area contributed by atoms with Crippen molar-refractivity contribution in [2.24, 2.45) is 0 Å². The number of aryl methyl sites for hydroxylation is 1. The highest BCUT2D eigenvalue weighted by Crippen LogP contribution is 2.21. The molecule has 0 saturated carbocycles. The number of anilines is 2. The first-order chi connectivity index (χ1) is 7.56. The van der Waals surface area contributed by atoms with E-state index >= 15 is 0 Å². The van der Waals surface area contributed by atoms with E-state index in [0.29, 0.717) is 5.69 Å². The summed E-state index contributed by atoms with van der Waals surface area (Å²) in [6.45, 7) is 1.69. The molecule has 0 aliphatic rings. The number of rotatable bonds is 2. The maximum absolute atomic E-state index is 12.8. The first-order valence-corrected chi connectivity index (χ1v) is 4.41. The molecule has 0 spiro atoms. The number of halogens is 3. The molecule has 0 atom stereocenters. The average molecular weight is 228 g/mol. The maximum Gasteiger partial charge on any atom is 0.229 e. The third kappa shape index (κ3) is 2.00. The minimum Gasteiger partial charge on any atom is -0.338 e. The Hall–Kier alpha value is -1.98. The summed E-state index contributed by atoms with van der Waals surface area (Å²) < 4.78 is 43.1. The van der Waals surface area contributed by atoms with Crippen molar-refractivity contribution in [2.45, 2.75) is 6.92 Å². The SMILES string of the molecule is Cc1cc(Nc2cc(F)c(F)c(F)c2)on1. The molecule has 1 aromatic heterocycles. The summed E-state index contributed by atoms with van der Waals surface area (Å²) in [7, 11) is 0. The van der Waals surface area contributed by atoms with Crippen LogP contribution in [0.2, 0.25) is 0 Å². The molecule has 84 valence electrons. The normalized spacial score (nSPS) is 10.5. The number of nitrogens with zero attached hydrogens (tertiary/aromatic N) is 1. The molecular formula is C10H7F3N2O. The lowest BCUT2D eigenvalue weighted by molar-refractivity contribution is 0.429. The molecule has 0 amide bonds. The van der Waals surface area contributed by atoms with E-state index in [1.165, 1.54) is 0 Å². The molecule has 0 bridgehead atoms. The summed E-state index contributed by atoms with van der Waals surface area (Å²) in [4.78, 5) is 0. The van der Waals surface area contributed by atoms with E-state index < -0.39 is 17.5 Å². The molecule has 0 fully saturated rings. The summed E-state index contributed by atoms with van der Waals surface area (Å²) in [5, 5.41) is 6.13. The van der Waals surface area contributed by atoms with Crippen LogP contribution >= 0.6 is 0 Å². The van der Waals surface area contributed by atoms with Gasteiger partial charge in [-0.1, -0.05) is 5.16 Å². The Kier molecular flexibility index (Phi) is 2.55. The Morgan fingerprint density at radius 1 is 1.12 bits per heavy atom. The Labute approximate surface area is 88.9 Å². The van der Waals surface area contributed by atoms with Crippen molar-refractivity contribution in [3.8, 4) is 0 Å². The molecular weight excluding hydrogens is 221 g/mol. The lowest BCUT2D eigenvalue weighted by Gasteiger charge is -2.03. The highest BCUT2D eigenvalue weighted by molar-refractivity contribution is 5.54. The van der Waals surface area contributed by atoms with E-state index in [9.17, 15) is 13.2 Å². The summed E-state index contributed by atoms with van der Waals surface area (Å²) in [6.07, 6.45) is 0. The molecule has 0 radical (unpaired) electrons. The summed E-state index contributed by atoms with van der Waals surface area (Å²) in [5.41, 5.74) is 0.665. The van der Waals surface area contributed by atoms with Gasteiger partial charge in [0.1, 0.15) is 0 Å². The van der Waals surface area contributed by atoms with Crippen molar-refractivity contribution in [2.75, 3.05) is 5.32 Å². The first kappa shape index (κ1) is 10.5. The smallest absolute Gasteiger partial charge is 0.229 e. The van der Waals surface area contributed by atoms with Crippen molar-refractivity contribution in [3.05, 3.63) is 41.3 Å². The maximum atomic E-state index is 12.8. The zero-order chi connectivity index (χ0) is 11.7. The van der Waals surface area contributed by atoms with Crippen LogP contribution in [0.25, 0.3) is 0 Å². The van der Waals surface area contributed by atoms with Crippen LogP contribution in [-0.2, 0) is 0 Å². The predicted octanol–water partition coefficient (Wildman–Crippen LogP) is 3.14. The fourth-order valence-electron chi connectivity index (χ4n) is 1.19. The monoisotopic (exact) mass is 228 g/mol. The third-order valence-corrected chi connectivity index (χ3v) is 1.88. The Morgan fingerprint density at radius 2 is 1.75 bits per heavy atom. The molecule has 1 heterocycles. The number of hydrogen-bond acceptors (Lipinski definition) is 3. The van der Waals surface area contributed by atoms with Crippen LogP contribution in [0, 0.1) is 24.4 Å². The van der Waals surface area contributed by atoms with Gasteiger partial charge in [0.2, 0.25) is 5.88 Å². The van der Waals surface area contributed by atoms with E-state index in [-0.39, 0.29) is 11.6 Å². The van der Waals surface area contributed by atoms with Crippen LogP contribution in [0.5, 0.6) is 0 Å². The quantitative estimate of drug-likeness (QED) is 0.802. The zero-order valence-electron chi connectivity index (χ0n) is 8.22. The third-order valence-electron chi connectivity index (χ3n) is 1.88. The molecule has 1 N–H and O–H groups in total. The molecule has 2 aromatic rings. The second-order valence-electron chi connectivity index (χ2n) is 3.21. The van der Waals surface area contributed by atoms with Gasteiger partial charge >= 0.3 is 0 Å². The van der Waals surface area contributed by atoms with Crippen LogP contribution < -0.4 is 5.32 Å². The van der Waals surface area contributed by atoms with Gasteiger partial charge in [0.25, 0.3) is 0 Å². The van der Waals surface area contributed by atoms with E-state index in [0.717, 1.165) is 12.1 Å². The van der Waals surface area contributed by atoms with Crippen molar-refractivity contribution < 1.29 is 17.7 Å². The number of benzene rings is 1. The highest BCUT2D eigenvalue weighted by Gasteiger charge is 2.11. The molecule has 0 saturated heterocycles. The van der Waals surface area contributed by atoms with Crippen molar-refractivity contribution in [1.82, 2.24) is 5.16 Å². The van der Waals surface area contributed by atoms with Crippen LogP contribution in [0.1, 0.15) is 5.69 Å². The second kappa shape index (κ2) is 3.88. The van der Waals surface area contributed by atoms with E-state index in [4.69, 9.17) is 4.52 Å². The molecule has 3 nitrogen and oxygen atoms in total. The van der Waals surface area contributed by atoms with Crippen LogP contribution in [-0.4, -0.2) is 5.16 Å². The van der Waals surface area contributed by atoms with Gasteiger partial charge in [-0.25, -0.2) is 13.2 Å². The van der Waals surface area contributed by atoms with Gasteiger partial charge in [-0.15, -0.1) is 0 Å². The first-order valence-electron chi connectivity index (χ1n) is 4.41. The standard InChI is InChI=1S/C10H7F3N2O/c1-5-2-9(16-15-5)14-6-3-7(11)10(13)8(12)4-6/h2-4,14H,1H3. The molecule has 1 aromatic carbocycles. The minimum atomic E-state index is -1.50. The van der Waals surface area contributed by atoms with Gasteiger partial charge in [-0.2, -0.15) is 0 Å². The molecule has 2 rings (SSSR count). The Balaban J connectivity index is 2.28. The lowest BCUT2D eigenvalue weighted by Crippen LogP contribution is -1.95. The van der Waals surface area contributed by atoms with Crippen LogP contribution in [0.15, 0.2) is 22.7 Å². The van der Waals surface area contributed by atoms with Crippen molar-refractivity contribution >= 4 is 11.6 Å². The number of hydrogen-bond donors (Lipinski definition) is 1. The van der Waals surface area contributed by atoms with Gasteiger partial charge in [-0.3, -0.25) is 0 Å². The van der Waals surface area contributed by atoms with E-state index in [1.54, 1.807) is 13.0 Å². The van der Waals surface area contributed by atoms with Gasteiger partial charge in [0, 0.05) is 23.9 Å². The lowest BCUT2D eigenvalue weighted by atomic mass is 10.3. The Morgan fingerprint density at radius 3 is 2.25 bits per heavy atom. The summed E-state index contributed by atoms with van der Waals surface area (Å²) in [5.74, 6) is -3.81. The highest BCUT2D eigenvalue weighted by atomic mass is 19.2. The predicted molar refractivity (Wildman–Crippen MR) is 50.8 cm³/mol. The van der Waals surface area contributed by atoms with E-state index in [2.05, 4.69) is 10.5 Å². The van der Waals surface area contributed by atoms with Gasteiger partial charge < -0.3 is 9.84 Å². The average Bonchev–Trinajstić information content (AvgIpc) is 2.60.